The number of nitrogens with zero attached hydrogens (tertiary/aromatic N) is 2. The van der Waals surface area contributed by atoms with Crippen LogP contribution in [0.4, 0.5) is 5.69 Å². The van der Waals surface area contributed by atoms with Crippen molar-refractivity contribution in [2.45, 2.75) is 50.1 Å². The lowest BCUT2D eigenvalue weighted by atomic mass is 9.92. The van der Waals surface area contributed by atoms with Gasteiger partial charge in [0, 0.05) is 32.5 Å². The molecule has 1 aromatic rings. The van der Waals surface area contributed by atoms with Gasteiger partial charge in [0.25, 0.3) is 0 Å². The lowest BCUT2D eigenvalue weighted by molar-refractivity contribution is -0.141. The normalized spacial score (nSPS) is 31.1. The topological polar surface area (TPSA) is 98.8 Å². The van der Waals surface area contributed by atoms with E-state index in [9.17, 15) is 18.0 Å². The minimum atomic E-state index is -3.67. The van der Waals surface area contributed by atoms with E-state index in [0.29, 0.717) is 36.9 Å². The molecule has 3 aliphatic rings. The van der Waals surface area contributed by atoms with Crippen molar-refractivity contribution in [2.24, 2.45) is 11.8 Å². The number of hydrogen-bond donors (Lipinski definition) is 2. The molecule has 0 aromatic heterocycles. The summed E-state index contributed by atoms with van der Waals surface area (Å²) in [6.07, 6.45) is 2.02. The van der Waals surface area contributed by atoms with Crippen LogP contribution in [0.5, 0.6) is 0 Å². The van der Waals surface area contributed by atoms with Crippen LogP contribution in [0.25, 0.3) is 0 Å². The smallest absolute Gasteiger partial charge is 0.244 e. The first kappa shape index (κ1) is 21.1. The summed E-state index contributed by atoms with van der Waals surface area (Å²) in [7, 11) is -3.67. The summed E-state index contributed by atoms with van der Waals surface area (Å²) in [4.78, 5) is 29.3. The SMILES string of the molecule is C[C@@H]1C[C@H](C)CN(C(=O)CN2CC[C@]3(CCC2=O)Nc2ccccc2S(=O)(=O)N3)C1. The van der Waals surface area contributed by atoms with Crippen LogP contribution in [0.1, 0.15) is 39.5 Å². The molecular weight excluding hydrogens is 404 g/mol. The fraction of sp³-hybridized carbons (Fsp3) is 0.619. The van der Waals surface area contributed by atoms with Gasteiger partial charge in [-0.05, 0) is 36.8 Å². The number of carbonyl (C=O) groups is 2. The number of nitrogens with one attached hydrogen (secondary N) is 2. The van der Waals surface area contributed by atoms with Gasteiger partial charge in [0.2, 0.25) is 21.8 Å². The summed E-state index contributed by atoms with van der Waals surface area (Å²) in [6, 6.07) is 6.77. The van der Waals surface area contributed by atoms with E-state index in [0.717, 1.165) is 19.5 Å². The van der Waals surface area contributed by atoms with E-state index in [2.05, 4.69) is 23.9 Å². The molecule has 2 amide bonds. The Balaban J connectivity index is 1.47. The van der Waals surface area contributed by atoms with Crippen molar-refractivity contribution < 1.29 is 18.0 Å². The molecule has 2 saturated heterocycles. The van der Waals surface area contributed by atoms with Crippen LogP contribution in [0.2, 0.25) is 0 Å². The van der Waals surface area contributed by atoms with Gasteiger partial charge >= 0.3 is 0 Å². The number of hydrogen-bond acceptors (Lipinski definition) is 5. The number of benzene rings is 1. The third-order valence-corrected chi connectivity index (χ3v) is 7.95. The first-order valence-corrected chi connectivity index (χ1v) is 12.1. The second kappa shape index (κ2) is 7.85. The van der Waals surface area contributed by atoms with Crippen LogP contribution in [-0.2, 0) is 19.6 Å². The van der Waals surface area contributed by atoms with Crippen LogP contribution in [0.3, 0.4) is 0 Å². The minimum absolute atomic E-state index is 0.0276. The van der Waals surface area contributed by atoms with Crippen LogP contribution >= 0.6 is 0 Å². The van der Waals surface area contributed by atoms with E-state index in [1.165, 1.54) is 0 Å². The summed E-state index contributed by atoms with van der Waals surface area (Å²) in [5.41, 5.74) is -0.376. The Kier molecular flexibility index (Phi) is 5.52. The zero-order chi connectivity index (χ0) is 21.5. The first-order chi connectivity index (χ1) is 14.2. The van der Waals surface area contributed by atoms with Gasteiger partial charge in [-0.3, -0.25) is 9.59 Å². The Bertz CT molecular complexity index is 940. The van der Waals surface area contributed by atoms with Gasteiger partial charge in [-0.25, -0.2) is 8.42 Å². The molecule has 0 saturated carbocycles. The van der Waals surface area contributed by atoms with Gasteiger partial charge in [-0.2, -0.15) is 4.72 Å². The molecule has 0 radical (unpaired) electrons. The van der Waals surface area contributed by atoms with Crippen LogP contribution in [0, 0.1) is 11.8 Å². The van der Waals surface area contributed by atoms with Gasteiger partial charge in [0.15, 0.2) is 0 Å². The largest absolute Gasteiger partial charge is 0.365 e. The lowest BCUT2D eigenvalue weighted by Crippen LogP contribution is -2.57. The zero-order valence-electron chi connectivity index (χ0n) is 17.6. The van der Waals surface area contributed by atoms with Crippen LogP contribution in [0.15, 0.2) is 29.2 Å². The molecule has 2 N–H and O–H groups in total. The lowest BCUT2D eigenvalue weighted by Gasteiger charge is -2.39. The molecule has 3 aliphatic heterocycles. The van der Waals surface area contributed by atoms with E-state index in [1.54, 1.807) is 29.2 Å². The number of likely N-dealkylation sites (tertiary alicyclic amines) is 2. The predicted molar refractivity (Wildman–Crippen MR) is 113 cm³/mol. The quantitative estimate of drug-likeness (QED) is 0.737. The minimum Gasteiger partial charge on any atom is -0.365 e. The van der Waals surface area contributed by atoms with E-state index < -0.39 is 15.7 Å². The van der Waals surface area contributed by atoms with Gasteiger partial charge in [0.05, 0.1) is 12.2 Å². The molecule has 0 bridgehead atoms. The van der Waals surface area contributed by atoms with Crippen molar-refractivity contribution >= 4 is 27.5 Å². The average Bonchev–Trinajstić information content (AvgIpc) is 2.81. The molecule has 2 fully saturated rings. The monoisotopic (exact) mass is 434 g/mol. The molecule has 1 spiro atoms. The summed E-state index contributed by atoms with van der Waals surface area (Å²) in [5.74, 6) is 0.779. The highest BCUT2D eigenvalue weighted by atomic mass is 32.2. The Morgan fingerprint density at radius 1 is 1.17 bits per heavy atom. The number of fused-ring (bicyclic) bond motifs is 1. The van der Waals surface area contributed by atoms with Crippen molar-refractivity contribution in [2.75, 3.05) is 31.5 Å². The second-order valence-corrected chi connectivity index (χ2v) is 10.8. The van der Waals surface area contributed by atoms with Gasteiger partial charge in [0.1, 0.15) is 10.6 Å². The highest BCUT2D eigenvalue weighted by molar-refractivity contribution is 7.89. The van der Waals surface area contributed by atoms with Crippen LogP contribution in [-0.4, -0.2) is 61.9 Å². The highest BCUT2D eigenvalue weighted by Gasteiger charge is 2.43. The third kappa shape index (κ3) is 4.18. The van der Waals surface area contributed by atoms with Gasteiger partial charge in [-0.1, -0.05) is 26.0 Å². The second-order valence-electron chi connectivity index (χ2n) is 9.12. The Morgan fingerprint density at radius 3 is 2.60 bits per heavy atom. The number of para-hydroxylation sites is 1. The Hall–Kier alpha value is -2.13. The number of piperidine rings is 1. The van der Waals surface area contributed by atoms with Crippen molar-refractivity contribution in [1.29, 1.82) is 0 Å². The molecule has 3 heterocycles. The fourth-order valence-corrected chi connectivity index (χ4v) is 6.52. The molecule has 3 atom stereocenters. The van der Waals surface area contributed by atoms with Crippen molar-refractivity contribution in [3.05, 3.63) is 24.3 Å². The van der Waals surface area contributed by atoms with Crippen molar-refractivity contribution in [3.8, 4) is 0 Å². The van der Waals surface area contributed by atoms with E-state index >= 15 is 0 Å². The number of anilines is 1. The number of sulfonamides is 1. The summed E-state index contributed by atoms with van der Waals surface area (Å²) >= 11 is 0. The fourth-order valence-electron chi connectivity index (χ4n) is 4.98. The highest BCUT2D eigenvalue weighted by Crippen LogP contribution is 2.35. The summed E-state index contributed by atoms with van der Waals surface area (Å²) in [5, 5.41) is 3.31. The summed E-state index contributed by atoms with van der Waals surface area (Å²) in [6.45, 7) is 6.13. The third-order valence-electron chi connectivity index (χ3n) is 6.35. The molecule has 164 valence electrons. The maximum absolute atomic E-state index is 12.9. The molecule has 8 nitrogen and oxygen atoms in total. The summed E-state index contributed by atoms with van der Waals surface area (Å²) < 4.78 is 28.3. The van der Waals surface area contributed by atoms with Crippen LogP contribution < -0.4 is 10.0 Å². The number of carbonyl (C=O) groups excluding carboxylic acids is 2. The standard InChI is InChI=1S/C21H30N4O4S/c1-15-11-16(2)13-25(12-15)20(27)14-24-10-9-21(8-7-19(24)26)22-17-5-3-4-6-18(17)30(28,29)23-21/h3-6,15-16,22-23H,7-14H2,1-2H3/t15-,16+,21-/m1/s1. The first-order valence-electron chi connectivity index (χ1n) is 10.6. The van der Waals surface area contributed by atoms with E-state index in [1.807, 2.05) is 4.90 Å². The molecule has 4 rings (SSSR count). The molecule has 30 heavy (non-hydrogen) atoms. The number of rotatable bonds is 2. The maximum Gasteiger partial charge on any atom is 0.244 e. The zero-order valence-corrected chi connectivity index (χ0v) is 18.4. The van der Waals surface area contributed by atoms with E-state index in [4.69, 9.17) is 0 Å². The maximum atomic E-state index is 12.9. The van der Waals surface area contributed by atoms with Crippen molar-refractivity contribution in [3.63, 3.8) is 0 Å². The Labute approximate surface area is 178 Å². The molecule has 0 aliphatic carbocycles. The van der Waals surface area contributed by atoms with Crippen molar-refractivity contribution in [1.82, 2.24) is 14.5 Å². The van der Waals surface area contributed by atoms with E-state index in [-0.39, 0.29) is 29.7 Å². The number of amides is 2. The van der Waals surface area contributed by atoms with Gasteiger partial charge < -0.3 is 15.1 Å². The Morgan fingerprint density at radius 2 is 1.87 bits per heavy atom. The average molecular weight is 435 g/mol. The molecular formula is C21H30N4O4S. The molecule has 9 heteroatoms. The molecule has 1 aromatic carbocycles. The molecule has 0 unspecified atom stereocenters. The predicted octanol–water partition coefficient (Wildman–Crippen LogP) is 1.60. The van der Waals surface area contributed by atoms with Gasteiger partial charge in [-0.15, -0.1) is 0 Å².